The zero-order valence-corrected chi connectivity index (χ0v) is 23.5. The lowest BCUT2D eigenvalue weighted by atomic mass is 10.1. The summed E-state index contributed by atoms with van der Waals surface area (Å²) in [5.74, 6) is 1.31. The van der Waals surface area contributed by atoms with Crippen LogP contribution in [0.2, 0.25) is 5.02 Å². The summed E-state index contributed by atoms with van der Waals surface area (Å²) in [7, 11) is 0. The Morgan fingerprint density at radius 3 is 2.81 bits per heavy atom. The molecule has 2 saturated heterocycles. The van der Waals surface area contributed by atoms with Crippen molar-refractivity contribution in [3.63, 3.8) is 0 Å². The van der Waals surface area contributed by atoms with Crippen LogP contribution in [0.5, 0.6) is 11.6 Å². The molecular weight excluding hydrogens is 565 g/mol. The molecule has 0 saturated carbocycles. The van der Waals surface area contributed by atoms with Crippen LogP contribution in [-0.2, 0) is 24.4 Å². The number of fused-ring (bicyclic) bond motifs is 4. The molecule has 218 valence electrons. The van der Waals surface area contributed by atoms with Gasteiger partial charge in [-0.15, -0.1) is 0 Å². The molecule has 2 aromatic carbocycles. The lowest BCUT2D eigenvalue weighted by Crippen LogP contribution is -2.57. The van der Waals surface area contributed by atoms with E-state index in [1.165, 1.54) is 6.07 Å². The van der Waals surface area contributed by atoms with Crippen LogP contribution < -0.4 is 14.4 Å². The van der Waals surface area contributed by atoms with Crippen molar-refractivity contribution >= 4 is 34.4 Å². The van der Waals surface area contributed by atoms with Gasteiger partial charge in [-0.25, -0.2) is 14.2 Å². The van der Waals surface area contributed by atoms with Crippen LogP contribution in [0.1, 0.15) is 28.2 Å². The second-order valence-electron chi connectivity index (χ2n) is 10.8. The van der Waals surface area contributed by atoms with Gasteiger partial charge in [0.1, 0.15) is 24.9 Å². The zero-order chi connectivity index (χ0) is 28.8. The highest BCUT2D eigenvalue weighted by Gasteiger charge is 2.35. The van der Waals surface area contributed by atoms with Crippen molar-refractivity contribution < 1.29 is 28.5 Å². The Balaban J connectivity index is 1.07. The predicted molar refractivity (Wildman–Crippen MR) is 153 cm³/mol. The molecule has 5 heterocycles. The van der Waals surface area contributed by atoms with Crippen LogP contribution in [0.15, 0.2) is 48.5 Å². The molecule has 0 bridgehead atoms. The molecular formula is C30H29ClFN5O5. The standard InChI is InChI=1S/C30H29ClFN5O5/c31-20-3-1-19(23(32)12-20)16-42-28-6-5-26-29(34-28)36-9-8-35(13-21(36)17-41-26)15-27-33-24-4-2-18(30(38)39)11-25(24)37(27)14-22-7-10-40-22/h1-6,11-12,21-22H,7-10,13-17H2,(H,38,39)/t21-,22-/m0/s1. The molecule has 2 atom stereocenters. The van der Waals surface area contributed by atoms with E-state index in [1.807, 2.05) is 6.07 Å². The van der Waals surface area contributed by atoms with E-state index < -0.39 is 11.8 Å². The second kappa shape index (κ2) is 11.0. The van der Waals surface area contributed by atoms with Crippen molar-refractivity contribution in [1.82, 2.24) is 19.4 Å². The van der Waals surface area contributed by atoms with Gasteiger partial charge in [0.25, 0.3) is 0 Å². The average molecular weight is 594 g/mol. The zero-order valence-electron chi connectivity index (χ0n) is 22.7. The van der Waals surface area contributed by atoms with Crippen LogP contribution >= 0.6 is 11.6 Å². The number of halogens is 2. The smallest absolute Gasteiger partial charge is 0.335 e. The van der Waals surface area contributed by atoms with Gasteiger partial charge in [-0.3, -0.25) is 4.90 Å². The Labute approximate surface area is 246 Å². The molecule has 0 unspecified atom stereocenters. The van der Waals surface area contributed by atoms with E-state index in [0.717, 1.165) is 55.3 Å². The number of ether oxygens (including phenoxy) is 3. The molecule has 4 aromatic rings. The largest absolute Gasteiger partial charge is 0.488 e. The summed E-state index contributed by atoms with van der Waals surface area (Å²) in [5.41, 5.74) is 2.23. The first kappa shape index (κ1) is 26.9. The second-order valence-corrected chi connectivity index (χ2v) is 11.3. The van der Waals surface area contributed by atoms with E-state index in [4.69, 9.17) is 35.8 Å². The fourth-order valence-electron chi connectivity index (χ4n) is 5.74. The monoisotopic (exact) mass is 593 g/mol. The Morgan fingerprint density at radius 2 is 2.02 bits per heavy atom. The molecule has 42 heavy (non-hydrogen) atoms. The molecule has 0 amide bonds. The van der Waals surface area contributed by atoms with Crippen molar-refractivity contribution in [3.8, 4) is 11.6 Å². The number of nitrogens with zero attached hydrogens (tertiary/aromatic N) is 5. The van der Waals surface area contributed by atoms with Crippen LogP contribution in [0.4, 0.5) is 10.2 Å². The third-order valence-electron chi connectivity index (χ3n) is 8.09. The molecule has 2 fully saturated rings. The van der Waals surface area contributed by atoms with Gasteiger partial charge in [0.2, 0.25) is 5.88 Å². The van der Waals surface area contributed by atoms with E-state index in [9.17, 15) is 14.3 Å². The van der Waals surface area contributed by atoms with Gasteiger partial charge in [0, 0.05) is 42.9 Å². The first-order chi connectivity index (χ1) is 20.4. The molecule has 12 heteroatoms. The number of benzene rings is 2. The molecule has 10 nitrogen and oxygen atoms in total. The van der Waals surface area contributed by atoms with Gasteiger partial charge in [-0.05, 0) is 42.8 Å². The average Bonchev–Trinajstić information content (AvgIpc) is 3.29. The highest BCUT2D eigenvalue weighted by atomic mass is 35.5. The topological polar surface area (TPSA) is 102 Å². The molecule has 2 aromatic heterocycles. The van der Waals surface area contributed by atoms with Gasteiger partial charge < -0.3 is 28.8 Å². The number of carbonyl (C=O) groups is 1. The maximum atomic E-state index is 14.2. The molecule has 0 aliphatic carbocycles. The maximum absolute atomic E-state index is 14.2. The summed E-state index contributed by atoms with van der Waals surface area (Å²) < 4.78 is 33.9. The number of carboxylic acids is 1. The lowest BCUT2D eigenvalue weighted by Gasteiger charge is -2.44. The van der Waals surface area contributed by atoms with Crippen LogP contribution in [-0.4, -0.2) is 75.5 Å². The molecule has 3 aliphatic heterocycles. The molecule has 0 spiro atoms. The minimum absolute atomic E-state index is 0.0354. The number of anilines is 1. The van der Waals surface area contributed by atoms with Crippen LogP contribution in [0.25, 0.3) is 11.0 Å². The summed E-state index contributed by atoms with van der Waals surface area (Å²) in [6.45, 7) is 4.82. The number of rotatable bonds is 8. The van der Waals surface area contributed by atoms with Crippen molar-refractivity contribution in [1.29, 1.82) is 0 Å². The SMILES string of the molecule is O=C(O)c1ccc2nc(CN3CCN4c5nc(OCc6ccc(Cl)cc6F)ccc5OC[C@@H]4C3)n(C[C@@H]3CCO3)c2c1. The first-order valence-electron chi connectivity index (χ1n) is 13.9. The Bertz CT molecular complexity index is 1660. The lowest BCUT2D eigenvalue weighted by molar-refractivity contribution is -0.0592. The van der Waals surface area contributed by atoms with Gasteiger partial charge >= 0.3 is 5.97 Å². The molecule has 1 N–H and O–H groups in total. The minimum atomic E-state index is -0.959. The highest BCUT2D eigenvalue weighted by molar-refractivity contribution is 6.30. The number of aromatic nitrogens is 3. The summed E-state index contributed by atoms with van der Waals surface area (Å²) >= 11 is 5.86. The van der Waals surface area contributed by atoms with Crippen molar-refractivity contribution in [3.05, 3.63) is 76.3 Å². The van der Waals surface area contributed by atoms with Crippen molar-refractivity contribution in [2.45, 2.75) is 38.3 Å². The number of pyridine rings is 1. The Morgan fingerprint density at radius 1 is 1.14 bits per heavy atom. The van der Waals surface area contributed by atoms with Gasteiger partial charge in [-0.1, -0.05) is 17.7 Å². The van der Waals surface area contributed by atoms with Gasteiger partial charge in [0.15, 0.2) is 11.6 Å². The Kier molecular flexibility index (Phi) is 7.09. The van der Waals surface area contributed by atoms with E-state index in [0.29, 0.717) is 41.9 Å². The molecule has 7 rings (SSSR count). The predicted octanol–water partition coefficient (Wildman–Crippen LogP) is 4.37. The number of hydrogen-bond donors (Lipinski definition) is 1. The third-order valence-corrected chi connectivity index (χ3v) is 8.33. The summed E-state index contributed by atoms with van der Waals surface area (Å²) in [6, 6.07) is 13.2. The Hall–Kier alpha value is -3.93. The minimum Gasteiger partial charge on any atom is -0.488 e. The fraction of sp³-hybridized carbons (Fsp3) is 0.367. The molecule has 3 aliphatic rings. The van der Waals surface area contributed by atoms with E-state index in [1.54, 1.807) is 36.4 Å². The van der Waals surface area contributed by atoms with Crippen molar-refractivity contribution in [2.75, 3.05) is 37.7 Å². The number of hydrogen-bond acceptors (Lipinski definition) is 8. The van der Waals surface area contributed by atoms with Crippen molar-refractivity contribution in [2.24, 2.45) is 0 Å². The third kappa shape index (κ3) is 5.23. The van der Waals surface area contributed by atoms with Gasteiger partial charge in [-0.2, -0.15) is 4.98 Å². The normalized spacial score (nSPS) is 20.0. The maximum Gasteiger partial charge on any atom is 0.335 e. The van der Waals surface area contributed by atoms with Crippen LogP contribution in [0, 0.1) is 5.82 Å². The number of imidazole rings is 1. The van der Waals surface area contributed by atoms with Crippen LogP contribution in [0.3, 0.4) is 0 Å². The number of carboxylic acid groups (broad SMARTS) is 1. The number of aromatic carboxylic acids is 1. The fourth-order valence-corrected chi connectivity index (χ4v) is 5.90. The van der Waals surface area contributed by atoms with E-state index in [-0.39, 0.29) is 24.3 Å². The summed E-state index contributed by atoms with van der Waals surface area (Å²) in [6.07, 6.45) is 1.08. The summed E-state index contributed by atoms with van der Waals surface area (Å²) in [4.78, 5) is 25.8. The van der Waals surface area contributed by atoms with E-state index in [2.05, 4.69) is 14.4 Å². The summed E-state index contributed by atoms with van der Waals surface area (Å²) in [5, 5.41) is 9.87. The van der Waals surface area contributed by atoms with E-state index >= 15 is 0 Å². The highest BCUT2D eigenvalue weighted by Crippen LogP contribution is 2.36. The first-order valence-corrected chi connectivity index (χ1v) is 14.3. The quantitative estimate of drug-likeness (QED) is 0.319. The van der Waals surface area contributed by atoms with Gasteiger partial charge in [0.05, 0.1) is 41.8 Å². The molecule has 0 radical (unpaired) electrons. The number of piperazine rings is 1.